The summed E-state index contributed by atoms with van der Waals surface area (Å²) in [5.74, 6) is -2.50. The molecule has 0 aliphatic heterocycles. The van der Waals surface area contributed by atoms with E-state index in [2.05, 4.69) is 0 Å². The van der Waals surface area contributed by atoms with Crippen LogP contribution in [-0.2, 0) is 17.5 Å². The van der Waals surface area contributed by atoms with Crippen molar-refractivity contribution in [2.24, 2.45) is 5.73 Å². The Hall–Kier alpha value is -2.90. The Kier molecular flexibility index (Phi) is 5.41. The average molecular weight is 354 g/mol. The molecule has 0 spiro atoms. The monoisotopic (exact) mass is 354 g/mol. The van der Waals surface area contributed by atoms with Crippen LogP contribution in [0.1, 0.15) is 21.5 Å². The van der Waals surface area contributed by atoms with Crippen LogP contribution in [0.5, 0.6) is 0 Å². The maximum Gasteiger partial charge on any atom is 0.416 e. The Morgan fingerprint density at radius 1 is 1.04 bits per heavy atom. The van der Waals surface area contributed by atoms with E-state index in [0.29, 0.717) is 0 Å². The number of rotatable bonds is 5. The molecule has 0 unspecified atom stereocenters. The normalized spacial score (nSPS) is 11.2. The molecule has 0 saturated carbocycles. The van der Waals surface area contributed by atoms with Crippen molar-refractivity contribution in [1.82, 2.24) is 4.90 Å². The predicted molar refractivity (Wildman–Crippen MR) is 81.8 cm³/mol. The maximum atomic E-state index is 13.8. The van der Waals surface area contributed by atoms with Crippen LogP contribution in [-0.4, -0.2) is 23.3 Å². The van der Waals surface area contributed by atoms with Gasteiger partial charge in [0.25, 0.3) is 5.91 Å². The molecule has 132 valence electrons. The van der Waals surface area contributed by atoms with Gasteiger partial charge in [-0.25, -0.2) is 4.39 Å². The third-order valence-corrected chi connectivity index (χ3v) is 3.37. The van der Waals surface area contributed by atoms with Gasteiger partial charge in [0.15, 0.2) is 0 Å². The van der Waals surface area contributed by atoms with Crippen LogP contribution in [0.15, 0.2) is 48.5 Å². The molecule has 0 fully saturated rings. The SMILES string of the molecule is NC(=O)CN(Cc1cccc(C(F)(F)F)c1)C(=O)c1ccccc1F. The van der Waals surface area contributed by atoms with E-state index in [0.717, 1.165) is 23.1 Å². The van der Waals surface area contributed by atoms with Crippen molar-refractivity contribution >= 4 is 11.8 Å². The maximum absolute atomic E-state index is 13.8. The summed E-state index contributed by atoms with van der Waals surface area (Å²) in [6, 6.07) is 9.42. The van der Waals surface area contributed by atoms with Gasteiger partial charge in [-0.05, 0) is 29.8 Å². The number of carbonyl (C=O) groups excluding carboxylic acids is 2. The van der Waals surface area contributed by atoms with Gasteiger partial charge in [0.2, 0.25) is 5.91 Å². The minimum Gasteiger partial charge on any atom is -0.368 e. The number of primary amides is 1. The number of halogens is 4. The molecule has 0 bridgehead atoms. The summed E-state index contributed by atoms with van der Waals surface area (Å²) in [5, 5.41) is 0. The number of benzene rings is 2. The molecule has 25 heavy (non-hydrogen) atoms. The Morgan fingerprint density at radius 2 is 1.72 bits per heavy atom. The van der Waals surface area contributed by atoms with E-state index in [4.69, 9.17) is 5.73 Å². The van der Waals surface area contributed by atoms with Crippen LogP contribution in [0.2, 0.25) is 0 Å². The molecule has 0 saturated heterocycles. The van der Waals surface area contributed by atoms with Gasteiger partial charge in [-0.2, -0.15) is 13.2 Å². The van der Waals surface area contributed by atoms with Gasteiger partial charge in [0.05, 0.1) is 17.7 Å². The Morgan fingerprint density at radius 3 is 2.32 bits per heavy atom. The van der Waals surface area contributed by atoms with E-state index >= 15 is 0 Å². The molecule has 4 nitrogen and oxygen atoms in total. The Bertz CT molecular complexity index is 790. The fraction of sp³-hybridized carbons (Fsp3) is 0.176. The number of carbonyl (C=O) groups is 2. The quantitative estimate of drug-likeness (QED) is 0.839. The first-order valence-corrected chi connectivity index (χ1v) is 7.16. The highest BCUT2D eigenvalue weighted by Gasteiger charge is 2.30. The first-order chi connectivity index (χ1) is 11.7. The van der Waals surface area contributed by atoms with E-state index < -0.39 is 35.9 Å². The summed E-state index contributed by atoms with van der Waals surface area (Å²) in [4.78, 5) is 24.5. The third kappa shape index (κ3) is 4.79. The summed E-state index contributed by atoms with van der Waals surface area (Å²) >= 11 is 0. The number of nitrogens with two attached hydrogens (primary N) is 1. The zero-order valence-electron chi connectivity index (χ0n) is 12.9. The molecule has 0 aromatic heterocycles. The van der Waals surface area contributed by atoms with Crippen LogP contribution >= 0.6 is 0 Å². The summed E-state index contributed by atoms with van der Waals surface area (Å²) < 4.78 is 52.1. The zero-order valence-corrected chi connectivity index (χ0v) is 12.9. The standard InChI is InChI=1S/C17H14F4N2O2/c18-14-7-2-1-6-13(14)16(25)23(10-15(22)24)9-11-4-3-5-12(8-11)17(19,20)21/h1-8H,9-10H2,(H2,22,24). The summed E-state index contributed by atoms with van der Waals surface area (Å²) in [5.41, 5.74) is 4.05. The smallest absolute Gasteiger partial charge is 0.368 e. The molecule has 0 aliphatic carbocycles. The van der Waals surface area contributed by atoms with Crippen molar-refractivity contribution in [3.8, 4) is 0 Å². The topological polar surface area (TPSA) is 63.4 Å². The largest absolute Gasteiger partial charge is 0.416 e. The van der Waals surface area contributed by atoms with Gasteiger partial charge in [-0.3, -0.25) is 9.59 Å². The number of hydrogen-bond donors (Lipinski definition) is 1. The summed E-state index contributed by atoms with van der Waals surface area (Å²) in [6.45, 7) is -0.872. The average Bonchev–Trinajstić information content (AvgIpc) is 2.53. The number of amides is 2. The number of alkyl halides is 3. The molecular weight excluding hydrogens is 340 g/mol. The minimum absolute atomic E-state index is 0.140. The van der Waals surface area contributed by atoms with Crippen molar-refractivity contribution in [2.45, 2.75) is 12.7 Å². The van der Waals surface area contributed by atoms with Crippen LogP contribution < -0.4 is 5.73 Å². The van der Waals surface area contributed by atoms with Gasteiger partial charge in [0.1, 0.15) is 5.82 Å². The molecule has 8 heteroatoms. The van der Waals surface area contributed by atoms with Gasteiger partial charge in [-0.1, -0.05) is 24.3 Å². The highest BCUT2D eigenvalue weighted by atomic mass is 19.4. The lowest BCUT2D eigenvalue weighted by molar-refractivity contribution is -0.137. The lowest BCUT2D eigenvalue weighted by Gasteiger charge is -2.22. The van der Waals surface area contributed by atoms with Crippen molar-refractivity contribution in [2.75, 3.05) is 6.54 Å². The highest BCUT2D eigenvalue weighted by molar-refractivity contribution is 5.96. The van der Waals surface area contributed by atoms with Crippen molar-refractivity contribution in [3.63, 3.8) is 0 Å². The first kappa shape index (κ1) is 18.4. The van der Waals surface area contributed by atoms with E-state index in [1.165, 1.54) is 30.3 Å². The molecule has 2 aromatic carbocycles. The zero-order chi connectivity index (χ0) is 18.6. The van der Waals surface area contributed by atoms with Crippen LogP contribution in [0, 0.1) is 5.82 Å². The van der Waals surface area contributed by atoms with E-state index in [1.54, 1.807) is 0 Å². The van der Waals surface area contributed by atoms with Gasteiger partial charge < -0.3 is 10.6 Å². The van der Waals surface area contributed by atoms with Crippen molar-refractivity contribution < 1.29 is 27.2 Å². The predicted octanol–water partition coefficient (Wildman–Crippen LogP) is 2.97. The second kappa shape index (κ2) is 7.33. The second-order valence-electron chi connectivity index (χ2n) is 5.31. The fourth-order valence-corrected chi connectivity index (χ4v) is 2.26. The van der Waals surface area contributed by atoms with Gasteiger partial charge in [0, 0.05) is 6.54 Å². The number of nitrogens with zero attached hydrogens (tertiary/aromatic N) is 1. The van der Waals surface area contributed by atoms with Gasteiger partial charge in [-0.15, -0.1) is 0 Å². The Balaban J connectivity index is 2.31. The lowest BCUT2D eigenvalue weighted by Crippen LogP contribution is -2.38. The second-order valence-corrected chi connectivity index (χ2v) is 5.31. The molecule has 2 rings (SSSR count). The number of hydrogen-bond acceptors (Lipinski definition) is 2. The fourth-order valence-electron chi connectivity index (χ4n) is 2.26. The van der Waals surface area contributed by atoms with Crippen LogP contribution in [0.4, 0.5) is 17.6 Å². The highest BCUT2D eigenvalue weighted by Crippen LogP contribution is 2.29. The summed E-state index contributed by atoms with van der Waals surface area (Å²) in [7, 11) is 0. The summed E-state index contributed by atoms with van der Waals surface area (Å²) in [6.07, 6.45) is -4.54. The molecular formula is C17H14F4N2O2. The van der Waals surface area contributed by atoms with Crippen LogP contribution in [0.3, 0.4) is 0 Å². The van der Waals surface area contributed by atoms with Crippen molar-refractivity contribution in [3.05, 3.63) is 71.0 Å². The third-order valence-electron chi connectivity index (χ3n) is 3.37. The molecule has 0 atom stereocenters. The van der Waals surface area contributed by atoms with E-state index in [-0.39, 0.29) is 17.7 Å². The molecule has 2 amide bonds. The van der Waals surface area contributed by atoms with Gasteiger partial charge >= 0.3 is 6.18 Å². The molecule has 0 aliphatic rings. The van der Waals surface area contributed by atoms with E-state index in [1.807, 2.05) is 0 Å². The molecule has 2 N–H and O–H groups in total. The lowest BCUT2D eigenvalue weighted by atomic mass is 10.1. The van der Waals surface area contributed by atoms with Crippen LogP contribution in [0.25, 0.3) is 0 Å². The van der Waals surface area contributed by atoms with Crippen molar-refractivity contribution in [1.29, 1.82) is 0 Å². The molecule has 0 radical (unpaired) electrons. The molecule has 0 heterocycles. The van der Waals surface area contributed by atoms with E-state index in [9.17, 15) is 27.2 Å². The molecule has 2 aromatic rings. The minimum atomic E-state index is -4.54. The first-order valence-electron chi connectivity index (χ1n) is 7.16. The Labute approximate surface area is 140 Å².